The third kappa shape index (κ3) is 77.4. The number of hydrogen-bond donors (Lipinski definition) is 1. The van der Waals surface area contributed by atoms with Crippen LogP contribution in [0.4, 0.5) is 0 Å². The molecule has 10 heteroatoms. The molecule has 0 rings (SSSR count). The summed E-state index contributed by atoms with van der Waals surface area (Å²) in [7, 11) is 1.48. The molecule has 0 amide bonds. The Labute approximate surface area is 581 Å². The maximum absolute atomic E-state index is 12.9. The lowest BCUT2D eigenvalue weighted by Crippen LogP contribution is -2.37. The number of allylic oxidation sites excluding steroid dienone is 20. The van der Waals surface area contributed by atoms with Crippen molar-refractivity contribution in [3.05, 3.63) is 122 Å². The molecule has 2 atom stereocenters. The van der Waals surface area contributed by atoms with E-state index in [1.165, 1.54) is 212 Å². The first kappa shape index (κ1) is 90.4. The first-order valence-corrected chi connectivity index (χ1v) is 40.8. The van der Waals surface area contributed by atoms with Crippen molar-refractivity contribution in [1.82, 2.24) is 0 Å². The number of carbonyl (C=O) groups excluding carboxylic acids is 2. The van der Waals surface area contributed by atoms with Gasteiger partial charge in [0, 0.05) is 12.8 Å². The van der Waals surface area contributed by atoms with Crippen LogP contribution in [0, 0.1) is 0 Å². The number of rotatable bonds is 72. The number of esters is 2. The van der Waals surface area contributed by atoms with Gasteiger partial charge in [-0.25, -0.2) is 4.57 Å². The van der Waals surface area contributed by atoms with E-state index < -0.39 is 26.5 Å². The fraction of sp³-hybridized carbons (Fsp3) is 0.738. The second-order valence-corrected chi connectivity index (χ2v) is 28.8. The van der Waals surface area contributed by atoms with Gasteiger partial charge in [0.25, 0.3) is 0 Å². The van der Waals surface area contributed by atoms with Crippen molar-refractivity contribution in [3.8, 4) is 0 Å². The topological polar surface area (TPSA) is 108 Å². The Balaban J connectivity index is 4.02. The average Bonchev–Trinajstić information content (AvgIpc) is 1.56. The molecule has 0 bridgehead atoms. The molecular formula is C84H149NO8P+. The molecule has 0 aromatic heterocycles. The van der Waals surface area contributed by atoms with Gasteiger partial charge in [0.05, 0.1) is 27.7 Å². The molecule has 0 spiro atoms. The molecule has 542 valence electrons. The predicted octanol–water partition coefficient (Wildman–Crippen LogP) is 26.2. The Hall–Kier alpha value is -3.59. The largest absolute Gasteiger partial charge is 0.472 e. The highest BCUT2D eigenvalue weighted by Crippen LogP contribution is 2.43. The minimum Gasteiger partial charge on any atom is -0.462 e. The Bertz CT molecular complexity index is 2010. The summed E-state index contributed by atoms with van der Waals surface area (Å²) in [5, 5.41) is 0. The van der Waals surface area contributed by atoms with Crippen LogP contribution >= 0.6 is 7.82 Å². The van der Waals surface area contributed by atoms with Crippen molar-refractivity contribution in [2.75, 3.05) is 47.5 Å². The summed E-state index contributed by atoms with van der Waals surface area (Å²) in [6.07, 6.45) is 106. The maximum atomic E-state index is 12.9. The van der Waals surface area contributed by atoms with E-state index in [0.29, 0.717) is 17.4 Å². The Kier molecular flexibility index (Phi) is 70.8. The van der Waals surface area contributed by atoms with Crippen LogP contribution in [0.25, 0.3) is 0 Å². The summed E-state index contributed by atoms with van der Waals surface area (Å²) in [5.41, 5.74) is 0. The summed E-state index contributed by atoms with van der Waals surface area (Å²) in [4.78, 5) is 36.0. The van der Waals surface area contributed by atoms with Crippen LogP contribution in [0.3, 0.4) is 0 Å². The van der Waals surface area contributed by atoms with Crippen LogP contribution < -0.4 is 0 Å². The van der Waals surface area contributed by atoms with Gasteiger partial charge in [-0.2, -0.15) is 0 Å². The lowest BCUT2D eigenvalue weighted by atomic mass is 10.0. The Morgan fingerprint density at radius 2 is 0.606 bits per heavy atom. The number of phosphoric ester groups is 1. The fourth-order valence-corrected chi connectivity index (χ4v) is 11.7. The molecule has 9 nitrogen and oxygen atoms in total. The van der Waals surface area contributed by atoms with Gasteiger partial charge in [0.2, 0.25) is 0 Å². The highest BCUT2D eigenvalue weighted by atomic mass is 31.2. The molecule has 0 fully saturated rings. The van der Waals surface area contributed by atoms with Crippen LogP contribution in [0.5, 0.6) is 0 Å². The van der Waals surface area contributed by atoms with E-state index in [1.807, 2.05) is 21.1 Å². The zero-order valence-electron chi connectivity index (χ0n) is 61.9. The van der Waals surface area contributed by atoms with Gasteiger partial charge in [-0.05, 0) is 109 Å². The maximum Gasteiger partial charge on any atom is 0.472 e. The Morgan fingerprint density at radius 3 is 0.915 bits per heavy atom. The average molecular weight is 1330 g/mol. The van der Waals surface area contributed by atoms with E-state index in [-0.39, 0.29) is 32.0 Å². The zero-order valence-corrected chi connectivity index (χ0v) is 62.8. The molecular weight excluding hydrogens is 1180 g/mol. The van der Waals surface area contributed by atoms with Gasteiger partial charge in [0.1, 0.15) is 19.8 Å². The molecule has 0 aromatic rings. The molecule has 94 heavy (non-hydrogen) atoms. The van der Waals surface area contributed by atoms with Crippen molar-refractivity contribution in [2.45, 2.75) is 354 Å². The number of quaternary nitrogens is 1. The lowest BCUT2D eigenvalue weighted by Gasteiger charge is -2.24. The first-order valence-electron chi connectivity index (χ1n) is 39.3. The van der Waals surface area contributed by atoms with Crippen LogP contribution in [-0.4, -0.2) is 74.9 Å². The van der Waals surface area contributed by atoms with Crippen LogP contribution in [-0.2, 0) is 32.7 Å². The van der Waals surface area contributed by atoms with Gasteiger partial charge in [-0.1, -0.05) is 347 Å². The van der Waals surface area contributed by atoms with E-state index in [0.717, 1.165) is 103 Å². The molecule has 0 aliphatic heterocycles. The van der Waals surface area contributed by atoms with Gasteiger partial charge in [-0.15, -0.1) is 0 Å². The summed E-state index contributed by atoms with van der Waals surface area (Å²) in [5.74, 6) is -0.792. The Morgan fingerprint density at radius 1 is 0.340 bits per heavy atom. The summed E-state index contributed by atoms with van der Waals surface area (Å²) < 4.78 is 34.8. The molecule has 2 unspecified atom stereocenters. The highest BCUT2D eigenvalue weighted by molar-refractivity contribution is 7.47. The predicted molar refractivity (Wildman–Crippen MR) is 408 cm³/mol. The molecule has 1 N–H and O–H groups in total. The molecule has 0 aliphatic rings. The molecule has 0 saturated heterocycles. The third-order valence-electron chi connectivity index (χ3n) is 17.0. The molecule has 0 aliphatic carbocycles. The standard InChI is InChI=1S/C84H148NO8P/c1-6-8-10-12-14-16-18-20-22-24-26-28-30-32-34-36-38-39-40-41-42-43-44-45-47-49-51-53-55-57-59-61-63-65-67-69-71-73-75-77-84(87)93-82(81-92-94(88,89)91-79-78-85(3,4)5)80-90-83(86)76-74-72-70-68-66-64-62-60-58-56-54-52-50-48-46-37-35-33-31-29-27-25-23-21-19-17-15-13-11-9-7-2/h8,10,14,16,20,22,25-28,32,34,38-39,41-42,44-45,49,51,82H,6-7,9,11-13,15,17-19,21,23-24,29-31,33,35-37,40,43,46-48,50,52-81H2,1-5H3/p+1/b10-8-,16-14-,22-20-,27-25-,28-26-,34-32-,39-38-,42-41-,45-44-,51-49-. The van der Waals surface area contributed by atoms with Crippen molar-refractivity contribution >= 4 is 19.8 Å². The third-order valence-corrected chi connectivity index (χ3v) is 18.0. The van der Waals surface area contributed by atoms with Gasteiger partial charge >= 0.3 is 19.8 Å². The zero-order chi connectivity index (χ0) is 68.3. The minimum absolute atomic E-state index is 0.0280. The van der Waals surface area contributed by atoms with E-state index in [2.05, 4.69) is 135 Å². The quantitative estimate of drug-likeness (QED) is 0.0211. The van der Waals surface area contributed by atoms with E-state index in [9.17, 15) is 19.0 Å². The number of nitrogens with zero attached hydrogens (tertiary/aromatic N) is 1. The second-order valence-electron chi connectivity index (χ2n) is 27.4. The molecule has 0 saturated carbocycles. The number of carbonyl (C=O) groups is 2. The summed E-state index contributed by atoms with van der Waals surface area (Å²) in [6, 6.07) is 0. The molecule has 0 heterocycles. The van der Waals surface area contributed by atoms with Crippen LogP contribution in [0.15, 0.2) is 122 Å². The van der Waals surface area contributed by atoms with E-state index >= 15 is 0 Å². The molecule has 0 radical (unpaired) electrons. The van der Waals surface area contributed by atoms with E-state index in [1.54, 1.807) is 0 Å². The number of unbranched alkanes of at least 4 members (excludes halogenated alkanes) is 38. The monoisotopic (exact) mass is 1330 g/mol. The number of hydrogen-bond acceptors (Lipinski definition) is 7. The fourth-order valence-electron chi connectivity index (χ4n) is 11.0. The number of likely N-dealkylation sites (N-methyl/N-ethyl adjacent to an activating group) is 1. The number of ether oxygens (including phenoxy) is 2. The second kappa shape index (κ2) is 73.7. The van der Waals surface area contributed by atoms with Gasteiger partial charge in [0.15, 0.2) is 6.10 Å². The summed E-state index contributed by atoms with van der Waals surface area (Å²) >= 11 is 0. The normalized spacial score (nSPS) is 13.7. The minimum atomic E-state index is -4.40. The lowest BCUT2D eigenvalue weighted by molar-refractivity contribution is -0.870. The van der Waals surface area contributed by atoms with Crippen molar-refractivity contribution in [1.29, 1.82) is 0 Å². The van der Waals surface area contributed by atoms with Crippen LogP contribution in [0.2, 0.25) is 0 Å². The van der Waals surface area contributed by atoms with Crippen molar-refractivity contribution in [3.63, 3.8) is 0 Å². The van der Waals surface area contributed by atoms with Gasteiger partial charge < -0.3 is 18.9 Å². The highest BCUT2D eigenvalue weighted by Gasteiger charge is 2.27. The van der Waals surface area contributed by atoms with Crippen LogP contribution in [0.1, 0.15) is 348 Å². The SMILES string of the molecule is CC/C=C\C/C=C\C/C=C\C/C=C\C/C=C\C/C=C\C/C=C\C/C=C\C/C=C\CCCCCCCCCCCCCC(=O)OC(COC(=O)CCCCCCCCCCCCCCCCCCCCC/C=C\CCCCCCCCCC)COP(=O)(O)OCC[N+](C)(C)C. The first-order chi connectivity index (χ1) is 46.0. The van der Waals surface area contributed by atoms with Gasteiger partial charge in [-0.3, -0.25) is 18.6 Å². The van der Waals surface area contributed by atoms with Crippen molar-refractivity contribution in [2.24, 2.45) is 0 Å². The van der Waals surface area contributed by atoms with Crippen molar-refractivity contribution < 1.29 is 42.1 Å². The van der Waals surface area contributed by atoms with E-state index in [4.69, 9.17) is 18.5 Å². The number of phosphoric acid groups is 1. The summed E-state index contributed by atoms with van der Waals surface area (Å²) in [6.45, 7) is 4.35. The molecule has 0 aromatic carbocycles. The smallest absolute Gasteiger partial charge is 0.462 e.